The maximum absolute atomic E-state index is 14.5. The molecule has 0 N–H and O–H groups in total. The second-order valence-corrected chi connectivity index (χ2v) is 17.4. The van der Waals surface area contributed by atoms with Crippen molar-refractivity contribution in [1.82, 2.24) is 0 Å². The molecule has 0 spiro atoms. The predicted molar refractivity (Wildman–Crippen MR) is 190 cm³/mol. The Bertz CT molecular complexity index is 1710. The van der Waals surface area contributed by atoms with E-state index in [4.69, 9.17) is 0 Å². The van der Waals surface area contributed by atoms with Crippen molar-refractivity contribution in [3.05, 3.63) is 182 Å². The first kappa shape index (κ1) is 28.1. The normalized spacial score (nSPS) is 13.5. The lowest BCUT2D eigenvalue weighted by Gasteiger charge is -2.41. The lowest BCUT2D eigenvalue weighted by Crippen LogP contribution is -2.56. The molecule has 0 atom stereocenters. The molecule has 0 saturated heterocycles. The first-order valence-corrected chi connectivity index (χ1v) is 18.2. The van der Waals surface area contributed by atoms with Gasteiger partial charge in [-0.15, -0.1) is 0 Å². The number of rotatable bonds is 6. The third-order valence-corrected chi connectivity index (χ3v) is 17.2. The Labute approximate surface area is 258 Å². The molecular formula is C40H30O2P2. The Kier molecular flexibility index (Phi) is 7.49. The van der Waals surface area contributed by atoms with E-state index < -0.39 is 13.8 Å². The molecule has 1 saturated carbocycles. The van der Waals surface area contributed by atoms with Crippen LogP contribution < -0.4 is 31.8 Å². The van der Waals surface area contributed by atoms with Crippen molar-refractivity contribution in [3.8, 4) is 0 Å². The molecule has 0 bridgehead atoms. The Morgan fingerprint density at radius 2 is 0.409 bits per heavy atom. The van der Waals surface area contributed by atoms with Gasteiger partial charge in [0, 0.05) is 10.6 Å². The summed E-state index contributed by atoms with van der Waals surface area (Å²) in [6.07, 6.45) is 0. The number of carbonyl (C=O) groups excluding carboxylic acids is 2. The van der Waals surface area contributed by atoms with Crippen molar-refractivity contribution >= 4 is 67.8 Å². The van der Waals surface area contributed by atoms with Crippen molar-refractivity contribution in [3.63, 3.8) is 0 Å². The van der Waals surface area contributed by atoms with Gasteiger partial charge >= 0.3 is 0 Å². The molecule has 212 valence electrons. The minimum absolute atomic E-state index is 0.378. The Balaban J connectivity index is 1.84. The van der Waals surface area contributed by atoms with Crippen LogP contribution in [-0.4, -0.2) is 22.2 Å². The highest BCUT2D eigenvalue weighted by Gasteiger charge is 2.52. The second-order valence-electron chi connectivity index (χ2n) is 10.7. The average molecular weight is 605 g/mol. The molecule has 0 heterocycles. The molecule has 6 aromatic rings. The van der Waals surface area contributed by atoms with Gasteiger partial charge in [-0.25, -0.2) is 0 Å². The van der Waals surface area contributed by atoms with Gasteiger partial charge in [0.05, 0.1) is 0 Å². The third-order valence-electron chi connectivity index (χ3n) is 8.39. The highest BCUT2D eigenvalue weighted by molar-refractivity contribution is 8.06. The summed E-state index contributed by atoms with van der Waals surface area (Å²) in [6, 6.07) is 62.0. The van der Waals surface area contributed by atoms with E-state index in [0.717, 1.165) is 31.8 Å². The smallest absolute Gasteiger partial charge is 0.235 e. The van der Waals surface area contributed by atoms with Crippen molar-refractivity contribution in [2.45, 2.75) is 0 Å². The molecule has 0 unspecified atom stereocenters. The van der Waals surface area contributed by atoms with E-state index in [1.165, 1.54) is 0 Å². The molecule has 0 aromatic heterocycles. The van der Waals surface area contributed by atoms with Crippen LogP contribution in [0.5, 0.6) is 0 Å². The topological polar surface area (TPSA) is 34.1 Å². The summed E-state index contributed by atoms with van der Waals surface area (Å²) in [5.41, 5.74) is 0. The average Bonchev–Trinajstić information content (AvgIpc) is 3.12. The van der Waals surface area contributed by atoms with Crippen LogP contribution in [0.3, 0.4) is 0 Å². The highest BCUT2D eigenvalue weighted by Crippen LogP contribution is 2.55. The largest absolute Gasteiger partial charge is 0.285 e. The molecule has 6 aromatic carbocycles. The number of carbonyl (C=O) groups is 2. The third kappa shape index (κ3) is 4.26. The quantitative estimate of drug-likeness (QED) is 0.187. The lowest BCUT2D eigenvalue weighted by atomic mass is 9.96. The molecule has 44 heavy (non-hydrogen) atoms. The first-order valence-electron chi connectivity index (χ1n) is 14.7. The monoisotopic (exact) mass is 604 g/mol. The van der Waals surface area contributed by atoms with Gasteiger partial charge in [-0.2, -0.15) is 0 Å². The number of hydrogen-bond acceptors (Lipinski definition) is 2. The number of ketones is 2. The minimum atomic E-state index is -2.83. The maximum atomic E-state index is 14.5. The van der Waals surface area contributed by atoms with Crippen LogP contribution in [0.25, 0.3) is 0 Å². The molecule has 7 rings (SSSR count). The molecule has 0 aliphatic heterocycles. The van der Waals surface area contributed by atoms with E-state index in [1.54, 1.807) is 0 Å². The lowest BCUT2D eigenvalue weighted by molar-refractivity contribution is -0.129. The van der Waals surface area contributed by atoms with E-state index in [1.807, 2.05) is 109 Å². The summed E-state index contributed by atoms with van der Waals surface area (Å²) in [7, 11) is 0. The van der Waals surface area contributed by atoms with E-state index in [0.29, 0.717) is 10.6 Å². The predicted octanol–water partition coefficient (Wildman–Crippen LogP) is 5.47. The fourth-order valence-corrected chi connectivity index (χ4v) is 16.2. The van der Waals surface area contributed by atoms with Crippen LogP contribution in [0, 0.1) is 0 Å². The summed E-state index contributed by atoms with van der Waals surface area (Å²) in [5, 5.41) is 7.65. The van der Waals surface area contributed by atoms with Crippen molar-refractivity contribution in [1.29, 1.82) is 0 Å². The van der Waals surface area contributed by atoms with Gasteiger partial charge < -0.3 is 0 Å². The summed E-state index contributed by atoms with van der Waals surface area (Å²) in [5.74, 6) is -0.755. The van der Waals surface area contributed by atoms with Crippen LogP contribution in [0.15, 0.2) is 182 Å². The van der Waals surface area contributed by atoms with Gasteiger partial charge in [-0.3, -0.25) is 9.59 Å². The molecule has 1 aliphatic carbocycles. The van der Waals surface area contributed by atoms with Gasteiger partial charge in [0.1, 0.15) is 0 Å². The van der Waals surface area contributed by atoms with Crippen LogP contribution in [0.1, 0.15) is 0 Å². The molecule has 2 nitrogen and oxygen atoms in total. The van der Waals surface area contributed by atoms with E-state index in [9.17, 15) is 9.59 Å². The minimum Gasteiger partial charge on any atom is -0.285 e. The first-order chi connectivity index (χ1) is 21.7. The van der Waals surface area contributed by atoms with Crippen LogP contribution in [0.2, 0.25) is 0 Å². The fraction of sp³-hybridized carbons (Fsp3) is 0. The van der Waals surface area contributed by atoms with Gasteiger partial charge in [0.2, 0.25) is 11.6 Å². The van der Waals surface area contributed by atoms with Gasteiger partial charge in [-0.05, 0) is 45.6 Å². The zero-order valence-corrected chi connectivity index (χ0v) is 25.8. The van der Waals surface area contributed by atoms with Crippen molar-refractivity contribution in [2.24, 2.45) is 0 Å². The van der Waals surface area contributed by atoms with Gasteiger partial charge in [0.15, 0.2) is 0 Å². The van der Waals surface area contributed by atoms with Crippen molar-refractivity contribution in [2.75, 3.05) is 0 Å². The molecule has 1 aliphatic rings. The summed E-state index contributed by atoms with van der Waals surface area (Å²) < 4.78 is 0. The molecular weight excluding hydrogens is 574 g/mol. The summed E-state index contributed by atoms with van der Waals surface area (Å²) >= 11 is 0. The van der Waals surface area contributed by atoms with E-state index in [2.05, 4.69) is 72.8 Å². The van der Waals surface area contributed by atoms with Gasteiger partial charge in [-0.1, -0.05) is 182 Å². The fourth-order valence-electron chi connectivity index (χ4n) is 6.57. The zero-order chi connectivity index (χ0) is 30.0. The van der Waals surface area contributed by atoms with Crippen LogP contribution in [-0.2, 0) is 9.59 Å². The number of Topliss-reactive ketones (excluding diaryl/α,β-unsaturated/α-hetero) is 2. The van der Waals surface area contributed by atoms with E-state index >= 15 is 0 Å². The van der Waals surface area contributed by atoms with Crippen molar-refractivity contribution < 1.29 is 9.59 Å². The molecule has 4 heteroatoms. The van der Waals surface area contributed by atoms with Gasteiger partial charge in [0.25, 0.3) is 0 Å². The Morgan fingerprint density at radius 1 is 0.250 bits per heavy atom. The number of hydrogen-bond donors (Lipinski definition) is 0. The standard InChI is InChI=1S/C40H30O2P2/c41-37-38(42)40(44(34-25-13-4-14-26-34,35-27-15-5-16-28-35)36-29-17-6-18-30-36)39(37)43(31-19-7-1-8-20-31,32-21-9-2-10-22-32)33-23-11-3-12-24-33/h1-30H. The SMILES string of the molecule is O=C1C(=O)C(=P(c2ccccc2)(c2ccccc2)c2ccccc2)C1=P(c1ccccc1)(c1ccccc1)c1ccccc1. The molecule has 1 fully saturated rings. The maximum Gasteiger partial charge on any atom is 0.235 e. The van der Waals surface area contributed by atoms with Crippen LogP contribution in [0.4, 0.5) is 0 Å². The summed E-state index contributed by atoms with van der Waals surface area (Å²) in [4.78, 5) is 29.0. The Hall–Kier alpha value is -4.74. The molecule has 0 amide bonds. The number of benzene rings is 6. The summed E-state index contributed by atoms with van der Waals surface area (Å²) in [6.45, 7) is -5.66. The molecule has 0 radical (unpaired) electrons. The second kappa shape index (κ2) is 11.7. The van der Waals surface area contributed by atoms with Crippen LogP contribution >= 0.6 is 13.8 Å². The highest BCUT2D eigenvalue weighted by atomic mass is 31.2. The zero-order valence-electron chi connectivity index (χ0n) is 24.0. The Morgan fingerprint density at radius 3 is 0.568 bits per heavy atom. The van der Waals surface area contributed by atoms with E-state index in [-0.39, 0.29) is 11.6 Å².